The first-order valence-corrected chi connectivity index (χ1v) is 11.3. The van der Waals surface area contributed by atoms with Crippen molar-refractivity contribution in [2.75, 3.05) is 0 Å². The minimum Gasteiger partial charge on any atom is -0.353 e. The SMILES string of the molecule is CC(=O)C1=C(C)NC(SCc2cccc3ccccc23)=C(C#N)[C@H]1c1ccc(Cl)cc1. The molecule has 154 valence electrons. The van der Waals surface area contributed by atoms with E-state index in [2.05, 4.69) is 41.7 Å². The number of halogens is 1. The highest BCUT2D eigenvalue weighted by molar-refractivity contribution is 8.02. The molecule has 0 aromatic heterocycles. The molecule has 0 saturated carbocycles. The molecule has 3 aromatic rings. The number of carbonyl (C=O) groups is 1. The number of nitrogens with one attached hydrogen (secondary N) is 1. The van der Waals surface area contributed by atoms with Crippen LogP contribution in [0.1, 0.15) is 30.9 Å². The number of rotatable bonds is 5. The number of allylic oxidation sites excluding steroid dienone is 3. The first-order chi connectivity index (χ1) is 15.0. The molecule has 0 saturated heterocycles. The topological polar surface area (TPSA) is 52.9 Å². The van der Waals surface area contributed by atoms with Gasteiger partial charge in [0.2, 0.25) is 0 Å². The number of benzene rings is 3. The highest BCUT2D eigenvalue weighted by atomic mass is 35.5. The Morgan fingerprint density at radius 1 is 1.10 bits per heavy atom. The number of fused-ring (bicyclic) bond motifs is 1. The number of nitrogens with zero attached hydrogens (tertiary/aromatic N) is 1. The van der Waals surface area contributed by atoms with Crippen molar-refractivity contribution < 1.29 is 4.79 Å². The first kappa shape index (κ1) is 21.2. The lowest BCUT2D eigenvalue weighted by Gasteiger charge is -2.29. The molecule has 1 aliphatic rings. The van der Waals surface area contributed by atoms with E-state index in [9.17, 15) is 10.1 Å². The summed E-state index contributed by atoms with van der Waals surface area (Å²) in [5.41, 5.74) is 4.05. The van der Waals surface area contributed by atoms with Gasteiger partial charge in [-0.3, -0.25) is 4.79 Å². The van der Waals surface area contributed by atoms with E-state index < -0.39 is 5.92 Å². The number of nitriles is 1. The molecule has 0 spiro atoms. The zero-order chi connectivity index (χ0) is 22.0. The van der Waals surface area contributed by atoms with Gasteiger partial charge in [0.25, 0.3) is 0 Å². The van der Waals surface area contributed by atoms with E-state index in [1.54, 1.807) is 30.8 Å². The van der Waals surface area contributed by atoms with Crippen LogP contribution in [-0.4, -0.2) is 5.78 Å². The second-order valence-electron chi connectivity index (χ2n) is 7.49. The van der Waals surface area contributed by atoms with Crippen molar-refractivity contribution in [3.8, 4) is 6.07 Å². The molecule has 3 aromatic carbocycles. The quantitative estimate of drug-likeness (QED) is 0.475. The lowest BCUT2D eigenvalue weighted by Crippen LogP contribution is -2.27. The Morgan fingerprint density at radius 2 is 1.81 bits per heavy atom. The van der Waals surface area contributed by atoms with Crippen LogP contribution in [0.5, 0.6) is 0 Å². The molecule has 0 unspecified atom stereocenters. The van der Waals surface area contributed by atoms with Crippen molar-refractivity contribution in [1.29, 1.82) is 5.26 Å². The number of ketones is 1. The van der Waals surface area contributed by atoms with E-state index in [0.717, 1.165) is 16.3 Å². The summed E-state index contributed by atoms with van der Waals surface area (Å²) in [7, 11) is 0. The highest BCUT2D eigenvalue weighted by Gasteiger charge is 2.33. The van der Waals surface area contributed by atoms with Gasteiger partial charge in [0.15, 0.2) is 5.78 Å². The number of hydrogen-bond acceptors (Lipinski definition) is 4. The summed E-state index contributed by atoms with van der Waals surface area (Å²) < 4.78 is 0. The van der Waals surface area contributed by atoms with Crippen LogP contribution in [-0.2, 0) is 10.5 Å². The monoisotopic (exact) mass is 444 g/mol. The minimum atomic E-state index is -0.406. The van der Waals surface area contributed by atoms with E-state index in [-0.39, 0.29) is 5.78 Å². The van der Waals surface area contributed by atoms with Crippen LogP contribution >= 0.6 is 23.4 Å². The van der Waals surface area contributed by atoms with E-state index >= 15 is 0 Å². The summed E-state index contributed by atoms with van der Waals surface area (Å²) in [5, 5.41) is 17.2. The van der Waals surface area contributed by atoms with E-state index in [0.29, 0.717) is 21.9 Å². The fraction of sp³-hybridized carbons (Fsp3) is 0.154. The fourth-order valence-corrected chi connectivity index (χ4v) is 5.27. The molecule has 1 aliphatic heterocycles. The van der Waals surface area contributed by atoms with Crippen LogP contribution < -0.4 is 5.32 Å². The zero-order valence-electron chi connectivity index (χ0n) is 17.3. The number of thioether (sulfide) groups is 1. The molecule has 0 amide bonds. The van der Waals surface area contributed by atoms with Crippen LogP contribution in [0.4, 0.5) is 0 Å². The Balaban J connectivity index is 1.74. The predicted octanol–water partition coefficient (Wildman–Crippen LogP) is 6.71. The zero-order valence-corrected chi connectivity index (χ0v) is 18.8. The Labute approximate surface area is 191 Å². The van der Waals surface area contributed by atoms with Crippen LogP contribution in [0.2, 0.25) is 5.02 Å². The number of Topliss-reactive ketones (excluding diaryl/α,β-unsaturated/α-hetero) is 1. The predicted molar refractivity (Wildman–Crippen MR) is 129 cm³/mol. The van der Waals surface area contributed by atoms with E-state index in [1.807, 2.05) is 31.2 Å². The normalized spacial score (nSPS) is 16.3. The van der Waals surface area contributed by atoms with Gasteiger partial charge in [0.1, 0.15) is 0 Å². The summed E-state index contributed by atoms with van der Waals surface area (Å²) in [5.74, 6) is 0.261. The summed E-state index contributed by atoms with van der Waals surface area (Å²) in [6.45, 7) is 3.44. The lowest BCUT2D eigenvalue weighted by molar-refractivity contribution is -0.113. The Kier molecular flexibility index (Phi) is 6.18. The maximum Gasteiger partial charge on any atom is 0.158 e. The van der Waals surface area contributed by atoms with Crippen molar-refractivity contribution in [2.24, 2.45) is 0 Å². The summed E-state index contributed by atoms with van der Waals surface area (Å²) in [6.07, 6.45) is 0. The van der Waals surface area contributed by atoms with Crippen molar-refractivity contribution >= 4 is 39.9 Å². The van der Waals surface area contributed by atoms with Gasteiger partial charge >= 0.3 is 0 Å². The van der Waals surface area contributed by atoms with Gasteiger partial charge in [-0.2, -0.15) is 5.26 Å². The summed E-state index contributed by atoms with van der Waals surface area (Å²) in [4.78, 5) is 12.5. The maximum absolute atomic E-state index is 12.5. The average Bonchev–Trinajstić information content (AvgIpc) is 2.77. The Morgan fingerprint density at radius 3 is 2.52 bits per heavy atom. The molecule has 31 heavy (non-hydrogen) atoms. The molecule has 0 aliphatic carbocycles. The third-order valence-corrected chi connectivity index (χ3v) is 6.80. The van der Waals surface area contributed by atoms with Gasteiger partial charge in [-0.25, -0.2) is 0 Å². The standard InChI is InChI=1S/C26H21ClN2OS/c1-16-24(17(2)30)25(19-10-12-21(27)13-11-19)23(14-28)26(29-16)31-15-20-8-5-7-18-6-3-4-9-22(18)20/h3-13,25,29H,15H2,1-2H3/t25-/m1/s1. The van der Waals surface area contributed by atoms with Crippen molar-refractivity contribution in [3.63, 3.8) is 0 Å². The van der Waals surface area contributed by atoms with Gasteiger partial charge in [-0.05, 0) is 47.9 Å². The largest absolute Gasteiger partial charge is 0.353 e. The third kappa shape index (κ3) is 4.25. The van der Waals surface area contributed by atoms with Crippen LogP contribution in [0.15, 0.2) is 88.6 Å². The molecule has 5 heteroatoms. The molecular weight excluding hydrogens is 424 g/mol. The Hall–Kier alpha value is -3.00. The smallest absolute Gasteiger partial charge is 0.158 e. The first-order valence-electron chi connectivity index (χ1n) is 9.97. The number of carbonyl (C=O) groups excluding carboxylic acids is 1. The van der Waals surface area contributed by atoms with Crippen LogP contribution in [0.3, 0.4) is 0 Å². The molecule has 1 heterocycles. The number of dihydropyridines is 1. The van der Waals surface area contributed by atoms with Crippen LogP contribution in [0.25, 0.3) is 10.8 Å². The van der Waals surface area contributed by atoms with E-state index in [1.165, 1.54) is 16.3 Å². The second kappa shape index (κ2) is 9.01. The molecule has 0 radical (unpaired) electrons. The summed E-state index contributed by atoms with van der Waals surface area (Å²) in [6, 6.07) is 24.3. The molecule has 3 nitrogen and oxygen atoms in total. The van der Waals surface area contributed by atoms with Crippen molar-refractivity contribution in [3.05, 3.63) is 105 Å². The van der Waals surface area contributed by atoms with Gasteiger partial charge in [0.05, 0.1) is 22.6 Å². The Bertz CT molecular complexity index is 1260. The average molecular weight is 445 g/mol. The molecular formula is C26H21ClN2OS. The lowest BCUT2D eigenvalue weighted by atomic mass is 9.81. The van der Waals surface area contributed by atoms with Gasteiger partial charge in [-0.1, -0.05) is 66.2 Å². The highest BCUT2D eigenvalue weighted by Crippen LogP contribution is 2.42. The van der Waals surface area contributed by atoms with E-state index in [4.69, 9.17) is 11.6 Å². The van der Waals surface area contributed by atoms with Crippen molar-refractivity contribution in [1.82, 2.24) is 5.32 Å². The fourth-order valence-electron chi connectivity index (χ4n) is 4.05. The maximum atomic E-state index is 12.5. The molecule has 4 rings (SSSR count). The third-order valence-electron chi connectivity index (χ3n) is 5.48. The molecule has 1 N–H and O–H groups in total. The number of hydrogen-bond donors (Lipinski definition) is 1. The van der Waals surface area contributed by atoms with Crippen molar-refractivity contribution in [2.45, 2.75) is 25.5 Å². The summed E-state index contributed by atoms with van der Waals surface area (Å²) >= 11 is 7.66. The van der Waals surface area contributed by atoms with Gasteiger partial charge in [0, 0.05) is 22.0 Å². The molecule has 0 fully saturated rings. The van der Waals surface area contributed by atoms with Crippen LogP contribution in [0, 0.1) is 11.3 Å². The molecule has 0 bridgehead atoms. The second-order valence-corrected chi connectivity index (χ2v) is 8.91. The van der Waals surface area contributed by atoms with Gasteiger partial charge in [-0.15, -0.1) is 11.8 Å². The van der Waals surface area contributed by atoms with Gasteiger partial charge < -0.3 is 5.32 Å². The minimum absolute atomic E-state index is 0.0456. The molecule has 1 atom stereocenters.